The molecule has 2 heterocycles. The van der Waals surface area contributed by atoms with Crippen LogP contribution in [0.1, 0.15) is 226 Å². The summed E-state index contributed by atoms with van der Waals surface area (Å²) in [6.07, 6.45) is 25.2. The maximum Gasteiger partial charge on any atom is 0.306 e. The van der Waals surface area contributed by atoms with Crippen LogP contribution in [0.5, 0.6) is 0 Å². The van der Waals surface area contributed by atoms with Gasteiger partial charge >= 0.3 is 11.9 Å². The number of ether oxygens (including phenoxy) is 6. The first-order valence-corrected chi connectivity index (χ1v) is 27.8. The van der Waals surface area contributed by atoms with Gasteiger partial charge in [0, 0.05) is 12.8 Å². The van der Waals surface area contributed by atoms with Gasteiger partial charge in [-0.1, -0.05) is 187 Å². The van der Waals surface area contributed by atoms with Crippen molar-refractivity contribution in [1.82, 2.24) is 0 Å². The molecule has 15 heteroatoms. The first-order chi connectivity index (χ1) is 33.5. The highest BCUT2D eigenvalue weighted by Gasteiger charge is 2.47. The largest absolute Gasteiger partial charge is 0.462 e. The van der Waals surface area contributed by atoms with Gasteiger partial charge in [0.15, 0.2) is 18.7 Å². The minimum absolute atomic E-state index is 0.171. The van der Waals surface area contributed by atoms with Crippen LogP contribution in [0.25, 0.3) is 0 Å². The van der Waals surface area contributed by atoms with Crippen LogP contribution in [0, 0.1) is 0 Å². The molecule has 0 aromatic heterocycles. The third-order valence-electron chi connectivity index (χ3n) is 13.5. The number of allylic oxidation sites excluding steroid dienone is 2. The van der Waals surface area contributed by atoms with Gasteiger partial charge in [0.2, 0.25) is 0 Å². The number of aliphatic hydroxyl groups excluding tert-OH is 7. The molecule has 69 heavy (non-hydrogen) atoms. The zero-order valence-electron chi connectivity index (χ0n) is 43.1. The van der Waals surface area contributed by atoms with Gasteiger partial charge in [-0.05, 0) is 38.5 Å². The molecule has 0 radical (unpaired) electrons. The lowest BCUT2D eigenvalue weighted by Gasteiger charge is -2.42. The fraction of sp³-hybridized carbons (Fsp3) is 0.926. The van der Waals surface area contributed by atoms with Crippen LogP contribution in [-0.2, 0) is 38.0 Å². The minimum Gasteiger partial charge on any atom is -0.462 e. The summed E-state index contributed by atoms with van der Waals surface area (Å²) in [7, 11) is 0. The maximum atomic E-state index is 13.0. The second-order valence-corrected chi connectivity index (χ2v) is 19.8. The Morgan fingerprint density at radius 3 is 1.28 bits per heavy atom. The van der Waals surface area contributed by atoms with Crippen LogP contribution in [0.3, 0.4) is 0 Å². The van der Waals surface area contributed by atoms with Crippen molar-refractivity contribution in [1.29, 1.82) is 0 Å². The van der Waals surface area contributed by atoms with Crippen molar-refractivity contribution in [3.8, 4) is 0 Å². The van der Waals surface area contributed by atoms with E-state index in [9.17, 15) is 45.3 Å². The molecule has 0 aromatic carbocycles. The maximum absolute atomic E-state index is 13.0. The van der Waals surface area contributed by atoms with E-state index >= 15 is 0 Å². The molecule has 0 aliphatic carbocycles. The van der Waals surface area contributed by atoms with Crippen molar-refractivity contribution in [2.24, 2.45) is 0 Å². The fourth-order valence-corrected chi connectivity index (χ4v) is 8.92. The first-order valence-electron chi connectivity index (χ1n) is 27.8. The highest BCUT2D eigenvalue weighted by Crippen LogP contribution is 2.27. The van der Waals surface area contributed by atoms with E-state index in [1.54, 1.807) is 0 Å². The van der Waals surface area contributed by atoms with E-state index < -0.39 is 92.7 Å². The van der Waals surface area contributed by atoms with Gasteiger partial charge in [-0.15, -0.1) is 0 Å². The van der Waals surface area contributed by atoms with Gasteiger partial charge in [-0.2, -0.15) is 0 Å². The molecule has 2 rings (SSSR count). The Labute approximate surface area is 416 Å². The number of hydrogen-bond donors (Lipinski definition) is 7. The molecule has 4 unspecified atom stereocenters. The molecule has 0 aromatic rings. The van der Waals surface area contributed by atoms with E-state index in [1.807, 2.05) is 0 Å². The van der Waals surface area contributed by atoms with E-state index in [0.717, 1.165) is 38.5 Å². The van der Waals surface area contributed by atoms with Gasteiger partial charge in [0.25, 0.3) is 0 Å². The van der Waals surface area contributed by atoms with Crippen molar-refractivity contribution in [3.05, 3.63) is 12.2 Å². The van der Waals surface area contributed by atoms with E-state index in [1.165, 1.54) is 148 Å². The van der Waals surface area contributed by atoms with E-state index in [0.29, 0.717) is 12.8 Å². The third kappa shape index (κ3) is 29.5. The monoisotopic (exact) mass is 989 g/mol. The predicted molar refractivity (Wildman–Crippen MR) is 266 cm³/mol. The third-order valence-corrected chi connectivity index (χ3v) is 13.5. The molecule has 11 atom stereocenters. The van der Waals surface area contributed by atoms with Crippen LogP contribution in [0.15, 0.2) is 12.2 Å². The number of unbranched alkanes of at least 4 members (excludes halogenated alkanes) is 28. The van der Waals surface area contributed by atoms with Gasteiger partial charge < -0.3 is 64.2 Å². The molecule has 0 bridgehead atoms. The second-order valence-electron chi connectivity index (χ2n) is 19.8. The zero-order valence-corrected chi connectivity index (χ0v) is 43.1. The van der Waals surface area contributed by atoms with Gasteiger partial charge in [0.1, 0.15) is 55.4 Å². The Hall–Kier alpha value is -1.76. The summed E-state index contributed by atoms with van der Waals surface area (Å²) in [5.41, 5.74) is 0. The van der Waals surface area contributed by atoms with Crippen molar-refractivity contribution in [2.75, 3.05) is 26.4 Å². The molecule has 2 saturated heterocycles. The number of carbonyl (C=O) groups excluding carboxylic acids is 2. The SMILES string of the molecule is CCCCCCCC/C=C/CCCCCCCCCCCC(=O)OC[C@@H](CO[C@@H]1O[C@H](CO[C@@H]2O[C@H](CO)[C@H](O)C(O)C2O)[C@H](O)C(O)C1O)OC(=O)CCCCCCCCCCCCCCCC. The average Bonchev–Trinajstić information content (AvgIpc) is 3.34. The summed E-state index contributed by atoms with van der Waals surface area (Å²) < 4.78 is 33.6. The summed E-state index contributed by atoms with van der Waals surface area (Å²) >= 11 is 0. The lowest BCUT2D eigenvalue weighted by molar-refractivity contribution is -0.332. The van der Waals surface area contributed by atoms with Crippen molar-refractivity contribution < 1.29 is 73.8 Å². The lowest BCUT2D eigenvalue weighted by Crippen LogP contribution is -2.61. The number of hydrogen-bond acceptors (Lipinski definition) is 15. The Morgan fingerprint density at radius 2 is 0.826 bits per heavy atom. The van der Waals surface area contributed by atoms with Gasteiger partial charge in [-0.3, -0.25) is 9.59 Å². The second kappa shape index (κ2) is 41.7. The molecule has 2 aliphatic rings. The van der Waals surface area contributed by atoms with E-state index in [2.05, 4.69) is 26.0 Å². The average molecular weight is 989 g/mol. The molecule has 7 N–H and O–H groups in total. The lowest BCUT2D eigenvalue weighted by atomic mass is 9.98. The first kappa shape index (κ1) is 63.4. The molecular weight excluding hydrogens is 889 g/mol. The quantitative estimate of drug-likeness (QED) is 0.0172. The minimum atomic E-state index is -1.76. The van der Waals surface area contributed by atoms with Crippen LogP contribution in [-0.4, -0.2) is 142 Å². The molecule has 2 aliphatic heterocycles. The number of carbonyl (C=O) groups is 2. The Morgan fingerprint density at radius 1 is 0.449 bits per heavy atom. The van der Waals surface area contributed by atoms with Gasteiger partial charge in [0.05, 0.1) is 19.8 Å². The van der Waals surface area contributed by atoms with Crippen LogP contribution >= 0.6 is 0 Å². The smallest absolute Gasteiger partial charge is 0.306 e. The van der Waals surface area contributed by atoms with Crippen molar-refractivity contribution in [2.45, 2.75) is 293 Å². The molecular formula is C54H100O15. The highest BCUT2D eigenvalue weighted by atomic mass is 16.7. The fourth-order valence-electron chi connectivity index (χ4n) is 8.92. The zero-order chi connectivity index (χ0) is 50.3. The predicted octanol–water partition coefficient (Wildman–Crippen LogP) is 8.55. The van der Waals surface area contributed by atoms with Gasteiger partial charge in [-0.25, -0.2) is 0 Å². The number of esters is 2. The molecule has 0 saturated carbocycles. The molecule has 0 amide bonds. The molecule has 2 fully saturated rings. The molecule has 0 spiro atoms. The van der Waals surface area contributed by atoms with Crippen LogP contribution in [0.2, 0.25) is 0 Å². The topological polar surface area (TPSA) is 231 Å². The summed E-state index contributed by atoms with van der Waals surface area (Å²) in [6, 6.07) is 0. The summed E-state index contributed by atoms with van der Waals surface area (Å²) in [5.74, 6) is -0.914. The Balaban J connectivity index is 1.76. The van der Waals surface area contributed by atoms with Crippen molar-refractivity contribution in [3.63, 3.8) is 0 Å². The highest BCUT2D eigenvalue weighted by molar-refractivity contribution is 5.70. The molecule has 406 valence electrons. The summed E-state index contributed by atoms with van der Waals surface area (Å²) in [5, 5.41) is 72.2. The Bertz CT molecular complexity index is 1250. The van der Waals surface area contributed by atoms with E-state index in [4.69, 9.17) is 28.4 Å². The Kier molecular flexibility index (Phi) is 38.3. The van der Waals surface area contributed by atoms with Crippen molar-refractivity contribution >= 4 is 11.9 Å². The summed E-state index contributed by atoms with van der Waals surface area (Å²) in [6.45, 7) is 2.62. The molecule has 15 nitrogen and oxygen atoms in total. The van der Waals surface area contributed by atoms with Crippen LogP contribution in [0.4, 0.5) is 0 Å². The van der Waals surface area contributed by atoms with Crippen LogP contribution < -0.4 is 0 Å². The standard InChI is InChI=1S/C54H100O15/c1-3-5-7-9-11-13-15-17-19-20-21-22-23-25-26-28-30-32-34-36-45(56)64-39-42(67-46(57)37-35-33-31-29-27-24-18-16-14-12-10-8-6-4-2)40-65-53-52(63)50(61)48(59)44(69-53)41-66-54-51(62)49(60)47(58)43(38-55)68-54/h17,19,42-44,47-55,58-63H,3-16,18,20-41H2,1-2H3/b19-17+/t42-,43+,44+,47-,48-,49?,50?,51?,52?,53+,54+/m0/s1. The normalized spacial score (nSPS) is 25.6. The number of aliphatic hydroxyl groups is 7. The summed E-state index contributed by atoms with van der Waals surface area (Å²) in [4.78, 5) is 25.8. The number of rotatable bonds is 44. The van der Waals surface area contributed by atoms with E-state index in [-0.39, 0.29) is 26.1 Å².